The summed E-state index contributed by atoms with van der Waals surface area (Å²) >= 11 is 7.07. The molecular weight excluding hydrogens is 261 g/mol. The molecule has 0 fully saturated rings. The summed E-state index contributed by atoms with van der Waals surface area (Å²) in [5, 5.41) is 12.3. The van der Waals surface area contributed by atoms with Gasteiger partial charge in [-0.1, -0.05) is 11.6 Å². The summed E-state index contributed by atoms with van der Waals surface area (Å²) in [6.45, 7) is 0.403. The van der Waals surface area contributed by atoms with Gasteiger partial charge in [-0.3, -0.25) is 0 Å². The molecule has 86 valence electrons. The van der Waals surface area contributed by atoms with E-state index in [1.807, 2.05) is 6.07 Å². The molecule has 1 N–H and O–H groups in total. The van der Waals surface area contributed by atoms with Gasteiger partial charge in [0, 0.05) is 0 Å². The molecule has 2 aromatic rings. The van der Waals surface area contributed by atoms with Crippen LogP contribution in [0.1, 0.15) is 10.6 Å². The average Bonchev–Trinajstić information content (AvgIpc) is 2.73. The molecule has 0 radical (unpaired) electrons. The standard InChI is InChI=1S/C11H7ClFN3S/c12-10-5-16-11(17-10)6-15-9-2-1-7(4-14)3-8(9)13/h1-3,5,15H,6H2. The number of nitrogens with zero attached hydrogens (tertiary/aromatic N) is 2. The van der Waals surface area contributed by atoms with Crippen molar-refractivity contribution in [1.82, 2.24) is 4.98 Å². The van der Waals surface area contributed by atoms with Gasteiger partial charge < -0.3 is 5.32 Å². The van der Waals surface area contributed by atoms with Gasteiger partial charge in [-0.05, 0) is 18.2 Å². The van der Waals surface area contributed by atoms with Crippen LogP contribution in [-0.2, 0) is 6.54 Å². The van der Waals surface area contributed by atoms with Crippen molar-refractivity contribution in [2.24, 2.45) is 0 Å². The van der Waals surface area contributed by atoms with Gasteiger partial charge in [0.05, 0.1) is 30.1 Å². The third-order valence-electron chi connectivity index (χ3n) is 2.05. The summed E-state index contributed by atoms with van der Waals surface area (Å²) < 4.78 is 14.1. The Bertz CT molecular complexity index is 576. The maximum Gasteiger partial charge on any atom is 0.147 e. The molecule has 1 aromatic carbocycles. The zero-order chi connectivity index (χ0) is 12.3. The first-order valence-corrected chi connectivity index (χ1v) is 5.92. The first-order chi connectivity index (χ1) is 8.19. The van der Waals surface area contributed by atoms with Crippen LogP contribution in [0.15, 0.2) is 24.4 Å². The van der Waals surface area contributed by atoms with Crippen molar-refractivity contribution >= 4 is 28.6 Å². The maximum absolute atomic E-state index is 13.5. The minimum atomic E-state index is -0.452. The zero-order valence-corrected chi connectivity index (χ0v) is 10.1. The second-order valence-electron chi connectivity index (χ2n) is 3.22. The van der Waals surface area contributed by atoms with E-state index in [4.69, 9.17) is 16.9 Å². The molecule has 3 nitrogen and oxygen atoms in total. The lowest BCUT2D eigenvalue weighted by molar-refractivity contribution is 0.629. The van der Waals surface area contributed by atoms with Crippen LogP contribution in [0.3, 0.4) is 0 Å². The predicted octanol–water partition coefficient (Wildman–Crippen LogP) is 3.42. The van der Waals surface area contributed by atoms with Gasteiger partial charge in [-0.25, -0.2) is 9.37 Å². The molecular formula is C11H7ClFN3S. The Hall–Kier alpha value is -1.64. The van der Waals surface area contributed by atoms with E-state index in [1.165, 1.54) is 23.5 Å². The van der Waals surface area contributed by atoms with Crippen molar-refractivity contribution in [2.45, 2.75) is 6.54 Å². The van der Waals surface area contributed by atoms with E-state index < -0.39 is 5.82 Å². The minimum Gasteiger partial charge on any atom is -0.376 e. The Kier molecular flexibility index (Phi) is 3.57. The largest absolute Gasteiger partial charge is 0.376 e. The van der Waals surface area contributed by atoms with E-state index in [-0.39, 0.29) is 0 Å². The van der Waals surface area contributed by atoms with Gasteiger partial charge in [0.2, 0.25) is 0 Å². The molecule has 6 heteroatoms. The third kappa shape index (κ3) is 2.93. The molecule has 17 heavy (non-hydrogen) atoms. The van der Waals surface area contributed by atoms with Crippen LogP contribution >= 0.6 is 22.9 Å². The van der Waals surface area contributed by atoms with E-state index in [1.54, 1.807) is 12.3 Å². The Balaban J connectivity index is 2.07. The van der Waals surface area contributed by atoms with Crippen LogP contribution in [0.5, 0.6) is 0 Å². The molecule has 1 heterocycles. The molecule has 0 unspecified atom stereocenters. The summed E-state index contributed by atoms with van der Waals surface area (Å²) in [7, 11) is 0. The van der Waals surface area contributed by atoms with Crippen LogP contribution < -0.4 is 5.32 Å². The van der Waals surface area contributed by atoms with E-state index in [2.05, 4.69) is 10.3 Å². The summed E-state index contributed by atoms with van der Waals surface area (Å²) in [4.78, 5) is 4.04. The summed E-state index contributed by atoms with van der Waals surface area (Å²) in [5.74, 6) is -0.452. The van der Waals surface area contributed by atoms with Gasteiger partial charge >= 0.3 is 0 Å². The van der Waals surface area contributed by atoms with Gasteiger partial charge in [-0.2, -0.15) is 5.26 Å². The molecule has 1 aromatic heterocycles. The predicted molar refractivity (Wildman–Crippen MR) is 65.6 cm³/mol. The van der Waals surface area contributed by atoms with Crippen LogP contribution in [0, 0.1) is 17.1 Å². The Labute approximate surface area is 106 Å². The lowest BCUT2D eigenvalue weighted by Crippen LogP contribution is -2.01. The van der Waals surface area contributed by atoms with Crippen LogP contribution in [0.2, 0.25) is 4.34 Å². The molecule has 0 aliphatic carbocycles. The van der Waals surface area contributed by atoms with Crippen LogP contribution in [0.4, 0.5) is 10.1 Å². The molecule has 0 spiro atoms. The molecule has 2 rings (SSSR count). The lowest BCUT2D eigenvalue weighted by atomic mass is 10.2. The highest BCUT2D eigenvalue weighted by atomic mass is 35.5. The van der Waals surface area contributed by atoms with E-state index >= 15 is 0 Å². The number of hydrogen-bond donors (Lipinski definition) is 1. The Morgan fingerprint density at radius 1 is 1.53 bits per heavy atom. The molecule has 0 saturated carbocycles. The van der Waals surface area contributed by atoms with Crippen LogP contribution in [0.25, 0.3) is 0 Å². The normalized spacial score (nSPS) is 9.94. The number of hydrogen-bond acceptors (Lipinski definition) is 4. The SMILES string of the molecule is N#Cc1ccc(NCc2ncc(Cl)s2)c(F)c1. The monoisotopic (exact) mass is 267 g/mol. The first-order valence-electron chi connectivity index (χ1n) is 4.73. The van der Waals surface area contributed by atoms with E-state index in [9.17, 15) is 4.39 Å². The van der Waals surface area contributed by atoms with E-state index in [0.29, 0.717) is 22.1 Å². The first kappa shape index (κ1) is 11.8. The van der Waals surface area contributed by atoms with Gasteiger partial charge in [0.1, 0.15) is 15.2 Å². The average molecular weight is 268 g/mol. The Morgan fingerprint density at radius 3 is 2.94 bits per heavy atom. The fourth-order valence-electron chi connectivity index (χ4n) is 1.27. The molecule has 0 atom stereocenters. The van der Waals surface area contributed by atoms with Gasteiger partial charge in [-0.15, -0.1) is 11.3 Å². The lowest BCUT2D eigenvalue weighted by Gasteiger charge is -2.05. The summed E-state index contributed by atoms with van der Waals surface area (Å²) in [6.07, 6.45) is 1.55. The second-order valence-corrected chi connectivity index (χ2v) is 4.96. The van der Waals surface area contributed by atoms with Gasteiger partial charge in [0.15, 0.2) is 0 Å². The molecule has 0 amide bonds. The van der Waals surface area contributed by atoms with Gasteiger partial charge in [0.25, 0.3) is 0 Å². The highest BCUT2D eigenvalue weighted by Crippen LogP contribution is 2.20. The summed E-state index contributed by atoms with van der Waals surface area (Å²) in [6, 6.07) is 6.15. The fraction of sp³-hybridized carbons (Fsp3) is 0.0909. The van der Waals surface area contributed by atoms with Crippen LogP contribution in [-0.4, -0.2) is 4.98 Å². The number of thiazole rings is 1. The maximum atomic E-state index is 13.5. The number of benzene rings is 1. The van der Waals surface area contributed by atoms with Crippen molar-refractivity contribution in [3.8, 4) is 6.07 Å². The van der Waals surface area contributed by atoms with Crippen molar-refractivity contribution in [2.75, 3.05) is 5.32 Å². The molecule has 0 aliphatic rings. The highest BCUT2D eigenvalue weighted by molar-refractivity contribution is 7.15. The molecule has 0 saturated heterocycles. The number of rotatable bonds is 3. The Morgan fingerprint density at radius 2 is 2.35 bits per heavy atom. The number of nitriles is 1. The molecule has 0 aliphatic heterocycles. The smallest absolute Gasteiger partial charge is 0.147 e. The third-order valence-corrected chi connectivity index (χ3v) is 3.17. The number of anilines is 1. The van der Waals surface area contributed by atoms with Crippen molar-refractivity contribution in [3.63, 3.8) is 0 Å². The molecule has 0 bridgehead atoms. The zero-order valence-electron chi connectivity index (χ0n) is 8.58. The van der Waals surface area contributed by atoms with Crippen molar-refractivity contribution in [1.29, 1.82) is 5.26 Å². The number of halogens is 2. The number of nitrogens with one attached hydrogen (secondary N) is 1. The number of aromatic nitrogens is 1. The van der Waals surface area contributed by atoms with Crippen molar-refractivity contribution in [3.05, 3.63) is 45.1 Å². The fourth-order valence-corrected chi connectivity index (χ4v) is 2.16. The quantitative estimate of drug-likeness (QED) is 0.927. The highest BCUT2D eigenvalue weighted by Gasteiger charge is 2.04. The van der Waals surface area contributed by atoms with E-state index in [0.717, 1.165) is 5.01 Å². The topological polar surface area (TPSA) is 48.7 Å². The summed E-state index contributed by atoms with van der Waals surface area (Å²) in [5.41, 5.74) is 0.640. The second kappa shape index (κ2) is 5.13. The van der Waals surface area contributed by atoms with Crippen molar-refractivity contribution < 1.29 is 4.39 Å². The minimum absolute atomic E-state index is 0.297.